The number of hydrogen-bond acceptors (Lipinski definition) is 4. The first-order chi connectivity index (χ1) is 9.60. The summed E-state index contributed by atoms with van der Waals surface area (Å²) in [4.78, 5) is 18.4. The minimum Gasteiger partial charge on any atom is -0.347 e. The molecule has 1 aromatic heterocycles. The summed E-state index contributed by atoms with van der Waals surface area (Å²) in [7, 11) is 0. The van der Waals surface area contributed by atoms with Crippen molar-refractivity contribution in [1.82, 2.24) is 25.4 Å². The average Bonchev–Trinajstić information content (AvgIpc) is 2.92. The summed E-state index contributed by atoms with van der Waals surface area (Å²) in [5, 5.41) is 9.61. The minimum absolute atomic E-state index is 0.140. The summed E-state index contributed by atoms with van der Waals surface area (Å²) in [6, 6.07) is 0.140. The van der Waals surface area contributed by atoms with Crippen molar-refractivity contribution in [3.63, 3.8) is 0 Å². The Bertz CT molecular complexity index is 400. The van der Waals surface area contributed by atoms with Crippen LogP contribution < -0.4 is 5.32 Å². The summed E-state index contributed by atoms with van der Waals surface area (Å²) in [6.45, 7) is 11.6. The highest BCUT2D eigenvalue weighted by Crippen LogP contribution is 2.01. The van der Waals surface area contributed by atoms with Crippen molar-refractivity contribution in [2.24, 2.45) is 0 Å². The van der Waals surface area contributed by atoms with Crippen LogP contribution in [0.1, 0.15) is 57.0 Å². The molecule has 0 saturated heterocycles. The van der Waals surface area contributed by atoms with E-state index < -0.39 is 0 Å². The molecule has 1 heterocycles. The van der Waals surface area contributed by atoms with Crippen LogP contribution in [0.25, 0.3) is 0 Å². The van der Waals surface area contributed by atoms with Crippen LogP contribution in [0.4, 0.5) is 0 Å². The zero-order valence-corrected chi connectivity index (χ0v) is 13.1. The lowest BCUT2D eigenvalue weighted by molar-refractivity contribution is 0.0927. The van der Waals surface area contributed by atoms with Gasteiger partial charge in [-0.1, -0.05) is 20.8 Å². The third kappa shape index (κ3) is 5.28. The monoisotopic (exact) mass is 281 g/mol. The van der Waals surface area contributed by atoms with Crippen molar-refractivity contribution in [3.05, 3.63) is 11.6 Å². The molecule has 0 radical (unpaired) electrons. The average molecular weight is 281 g/mol. The van der Waals surface area contributed by atoms with Crippen LogP contribution in [0, 0.1) is 0 Å². The number of H-pyrrole nitrogens is 1. The number of carbonyl (C=O) groups is 1. The van der Waals surface area contributed by atoms with Crippen LogP contribution in [0.3, 0.4) is 0 Å². The number of rotatable bonds is 9. The number of amides is 1. The molecule has 6 nitrogen and oxygen atoms in total. The first kappa shape index (κ1) is 16.6. The lowest BCUT2D eigenvalue weighted by Crippen LogP contribution is -2.34. The molecule has 1 unspecified atom stereocenters. The van der Waals surface area contributed by atoms with Gasteiger partial charge in [-0.15, -0.1) is 5.10 Å². The number of nitrogens with one attached hydrogen (secondary N) is 2. The third-order valence-electron chi connectivity index (χ3n) is 3.45. The Morgan fingerprint density at radius 2 is 2.05 bits per heavy atom. The highest BCUT2D eigenvalue weighted by Gasteiger charge is 2.14. The molecule has 6 heteroatoms. The van der Waals surface area contributed by atoms with E-state index in [9.17, 15) is 4.79 Å². The number of aryl methyl sites for hydroxylation is 1. The standard InChI is InChI=1S/C14H27N5O/c1-5-12-16-13(18-17-12)14(20)15-11(4)9-8-10-19(6-2)7-3/h11H,5-10H2,1-4H3,(H,15,20)(H,16,17,18). The van der Waals surface area contributed by atoms with Gasteiger partial charge in [0.05, 0.1) is 0 Å². The molecule has 0 spiro atoms. The van der Waals surface area contributed by atoms with E-state index in [4.69, 9.17) is 0 Å². The number of aromatic amines is 1. The second kappa shape index (κ2) is 8.68. The van der Waals surface area contributed by atoms with Crippen molar-refractivity contribution in [3.8, 4) is 0 Å². The fraction of sp³-hybridized carbons (Fsp3) is 0.786. The molecule has 114 valence electrons. The molecule has 0 bridgehead atoms. The molecule has 1 amide bonds. The Morgan fingerprint density at radius 1 is 1.35 bits per heavy atom. The predicted octanol–water partition coefficient (Wildman–Crippen LogP) is 1.61. The zero-order valence-electron chi connectivity index (χ0n) is 13.1. The number of hydrogen-bond donors (Lipinski definition) is 2. The maximum atomic E-state index is 11.9. The molecule has 2 N–H and O–H groups in total. The van der Waals surface area contributed by atoms with Gasteiger partial charge < -0.3 is 10.2 Å². The molecule has 1 atom stereocenters. The topological polar surface area (TPSA) is 73.9 Å². The zero-order chi connectivity index (χ0) is 15.0. The molecular formula is C14H27N5O. The Morgan fingerprint density at radius 3 is 2.60 bits per heavy atom. The molecule has 0 saturated carbocycles. The predicted molar refractivity (Wildman–Crippen MR) is 79.7 cm³/mol. The van der Waals surface area contributed by atoms with Gasteiger partial charge in [0, 0.05) is 12.5 Å². The summed E-state index contributed by atoms with van der Waals surface area (Å²) >= 11 is 0. The van der Waals surface area contributed by atoms with E-state index in [-0.39, 0.29) is 17.8 Å². The van der Waals surface area contributed by atoms with Crippen molar-refractivity contribution >= 4 is 5.91 Å². The maximum absolute atomic E-state index is 11.9. The molecule has 0 aliphatic rings. The van der Waals surface area contributed by atoms with Gasteiger partial charge in [-0.25, -0.2) is 4.98 Å². The highest BCUT2D eigenvalue weighted by molar-refractivity contribution is 5.90. The van der Waals surface area contributed by atoms with E-state index in [1.54, 1.807) is 0 Å². The van der Waals surface area contributed by atoms with Crippen molar-refractivity contribution in [2.45, 2.75) is 53.0 Å². The van der Waals surface area contributed by atoms with Crippen molar-refractivity contribution < 1.29 is 4.79 Å². The molecule has 20 heavy (non-hydrogen) atoms. The van der Waals surface area contributed by atoms with Crippen molar-refractivity contribution in [1.29, 1.82) is 0 Å². The van der Waals surface area contributed by atoms with Gasteiger partial charge in [0.1, 0.15) is 5.82 Å². The molecule has 0 fully saturated rings. The minimum atomic E-state index is -0.198. The molecule has 0 aliphatic carbocycles. The molecule has 1 aromatic rings. The van der Waals surface area contributed by atoms with E-state index in [0.717, 1.165) is 44.7 Å². The van der Waals surface area contributed by atoms with E-state index in [1.807, 2.05) is 13.8 Å². The number of carbonyl (C=O) groups excluding carboxylic acids is 1. The van der Waals surface area contributed by atoms with Gasteiger partial charge in [-0.2, -0.15) is 0 Å². The van der Waals surface area contributed by atoms with Crippen LogP contribution in [-0.4, -0.2) is 51.7 Å². The van der Waals surface area contributed by atoms with Gasteiger partial charge in [-0.3, -0.25) is 9.89 Å². The Kier molecular flexibility index (Phi) is 7.22. The molecule has 0 aromatic carbocycles. The van der Waals surface area contributed by atoms with Gasteiger partial charge in [0.15, 0.2) is 0 Å². The molecular weight excluding hydrogens is 254 g/mol. The fourth-order valence-electron chi connectivity index (χ4n) is 2.08. The summed E-state index contributed by atoms with van der Waals surface area (Å²) < 4.78 is 0. The van der Waals surface area contributed by atoms with Crippen molar-refractivity contribution in [2.75, 3.05) is 19.6 Å². The lowest BCUT2D eigenvalue weighted by atomic mass is 10.1. The quantitative estimate of drug-likeness (QED) is 0.721. The fourth-order valence-corrected chi connectivity index (χ4v) is 2.08. The van der Waals surface area contributed by atoms with E-state index in [1.165, 1.54) is 0 Å². The van der Waals surface area contributed by atoms with E-state index in [0.29, 0.717) is 0 Å². The van der Waals surface area contributed by atoms with E-state index >= 15 is 0 Å². The van der Waals surface area contributed by atoms with Gasteiger partial charge >= 0.3 is 0 Å². The summed E-state index contributed by atoms with van der Waals surface area (Å²) in [6.07, 6.45) is 2.80. The second-order valence-electron chi connectivity index (χ2n) is 5.00. The van der Waals surface area contributed by atoms with E-state index in [2.05, 4.69) is 39.2 Å². The summed E-state index contributed by atoms with van der Waals surface area (Å²) in [5.74, 6) is 0.776. The third-order valence-corrected chi connectivity index (χ3v) is 3.45. The van der Waals surface area contributed by atoms with Crippen LogP contribution in [0.15, 0.2) is 0 Å². The van der Waals surface area contributed by atoms with Crippen LogP contribution in [0.2, 0.25) is 0 Å². The van der Waals surface area contributed by atoms with Crippen LogP contribution in [-0.2, 0) is 6.42 Å². The smallest absolute Gasteiger partial charge is 0.291 e. The van der Waals surface area contributed by atoms with Gasteiger partial charge in [0.25, 0.3) is 5.91 Å². The number of nitrogens with zero attached hydrogens (tertiary/aromatic N) is 3. The normalized spacial score (nSPS) is 12.7. The van der Waals surface area contributed by atoms with Gasteiger partial charge in [0.2, 0.25) is 5.82 Å². The second-order valence-corrected chi connectivity index (χ2v) is 5.00. The highest BCUT2D eigenvalue weighted by atomic mass is 16.2. The Balaban J connectivity index is 2.31. The van der Waals surface area contributed by atoms with Crippen LogP contribution >= 0.6 is 0 Å². The Labute approximate surface area is 121 Å². The number of aromatic nitrogens is 3. The Hall–Kier alpha value is -1.43. The lowest BCUT2D eigenvalue weighted by Gasteiger charge is -2.19. The first-order valence-electron chi connectivity index (χ1n) is 7.55. The largest absolute Gasteiger partial charge is 0.347 e. The van der Waals surface area contributed by atoms with Gasteiger partial charge in [-0.05, 0) is 39.4 Å². The molecule has 1 rings (SSSR count). The summed E-state index contributed by atoms with van der Waals surface area (Å²) in [5.41, 5.74) is 0. The maximum Gasteiger partial charge on any atom is 0.291 e. The van der Waals surface area contributed by atoms with Crippen LogP contribution in [0.5, 0.6) is 0 Å². The SMILES string of the molecule is CCc1nc(C(=O)NC(C)CCCN(CC)CC)n[nH]1. The first-order valence-corrected chi connectivity index (χ1v) is 7.55. The molecule has 0 aliphatic heterocycles.